The molecule has 6 nitrogen and oxygen atoms in total. The molecule has 1 N–H and O–H groups in total. The average molecular weight is 338 g/mol. The minimum Gasteiger partial charge on any atom is -0.373 e. The standard InChI is InChI=1S/C16H22N2O4S/c1-4-9-17-16(19)14-5-7-15(8-6-14)23(20,21)18-10-12(2)22-13(3)11-18/h4-8,12-13H,1,9-11H2,2-3H3,(H,17,19)/t12-,13-/m0/s1. The van der Waals surface area contributed by atoms with E-state index in [2.05, 4.69) is 11.9 Å². The van der Waals surface area contributed by atoms with Crippen LogP contribution in [0, 0.1) is 0 Å². The Morgan fingerprint density at radius 2 is 1.87 bits per heavy atom. The summed E-state index contributed by atoms with van der Waals surface area (Å²) in [6.07, 6.45) is 1.30. The molecule has 1 fully saturated rings. The van der Waals surface area contributed by atoms with Gasteiger partial charge in [0.05, 0.1) is 17.1 Å². The zero-order valence-corrected chi connectivity index (χ0v) is 14.2. The molecule has 0 radical (unpaired) electrons. The van der Waals surface area contributed by atoms with Gasteiger partial charge in [-0.1, -0.05) is 6.08 Å². The summed E-state index contributed by atoms with van der Waals surface area (Å²) in [7, 11) is -3.58. The third-order valence-electron chi connectivity index (χ3n) is 3.55. The van der Waals surface area contributed by atoms with E-state index in [1.165, 1.54) is 28.6 Å². The summed E-state index contributed by atoms with van der Waals surface area (Å²) in [4.78, 5) is 12.0. The number of nitrogens with one attached hydrogen (secondary N) is 1. The normalized spacial score (nSPS) is 22.5. The number of carbonyl (C=O) groups excluding carboxylic acids is 1. The summed E-state index contributed by atoms with van der Waals surface area (Å²) in [6.45, 7) is 8.25. The van der Waals surface area contributed by atoms with E-state index < -0.39 is 10.0 Å². The number of sulfonamides is 1. The first-order chi connectivity index (χ1) is 10.8. The van der Waals surface area contributed by atoms with Crippen LogP contribution in [0.4, 0.5) is 0 Å². The van der Waals surface area contributed by atoms with Crippen LogP contribution in [0.1, 0.15) is 24.2 Å². The number of carbonyl (C=O) groups is 1. The van der Waals surface area contributed by atoms with Crippen molar-refractivity contribution in [2.45, 2.75) is 31.0 Å². The highest BCUT2D eigenvalue weighted by molar-refractivity contribution is 7.89. The molecule has 1 aromatic rings. The smallest absolute Gasteiger partial charge is 0.251 e. The molecule has 2 atom stereocenters. The predicted molar refractivity (Wildman–Crippen MR) is 87.7 cm³/mol. The van der Waals surface area contributed by atoms with Gasteiger partial charge < -0.3 is 10.1 Å². The van der Waals surface area contributed by atoms with Crippen molar-refractivity contribution in [1.82, 2.24) is 9.62 Å². The summed E-state index contributed by atoms with van der Waals surface area (Å²) in [5.41, 5.74) is 0.412. The molecule has 1 aliphatic rings. The third-order valence-corrected chi connectivity index (χ3v) is 5.39. The van der Waals surface area contributed by atoms with E-state index in [0.717, 1.165) is 0 Å². The van der Waals surface area contributed by atoms with Crippen molar-refractivity contribution >= 4 is 15.9 Å². The molecule has 1 saturated heterocycles. The molecule has 1 aliphatic heterocycles. The van der Waals surface area contributed by atoms with Crippen molar-refractivity contribution in [2.75, 3.05) is 19.6 Å². The minimum atomic E-state index is -3.58. The number of benzene rings is 1. The highest BCUT2D eigenvalue weighted by Gasteiger charge is 2.32. The largest absolute Gasteiger partial charge is 0.373 e. The second-order valence-corrected chi connectivity index (χ2v) is 7.54. The van der Waals surface area contributed by atoms with Crippen LogP contribution in [-0.2, 0) is 14.8 Å². The second kappa shape index (κ2) is 7.25. The maximum atomic E-state index is 12.7. The van der Waals surface area contributed by atoms with Gasteiger partial charge in [-0.2, -0.15) is 4.31 Å². The van der Waals surface area contributed by atoms with Gasteiger partial charge in [-0.15, -0.1) is 6.58 Å². The van der Waals surface area contributed by atoms with Gasteiger partial charge in [-0.3, -0.25) is 4.79 Å². The first-order valence-corrected chi connectivity index (χ1v) is 8.93. The molecule has 1 amide bonds. The summed E-state index contributed by atoms with van der Waals surface area (Å²) in [5.74, 6) is -0.262. The summed E-state index contributed by atoms with van der Waals surface area (Å²) in [6, 6.07) is 5.95. The lowest BCUT2D eigenvalue weighted by Gasteiger charge is -2.34. The van der Waals surface area contributed by atoms with E-state index in [9.17, 15) is 13.2 Å². The van der Waals surface area contributed by atoms with Crippen molar-refractivity contribution in [3.05, 3.63) is 42.5 Å². The topological polar surface area (TPSA) is 75.7 Å². The van der Waals surface area contributed by atoms with E-state index in [1.54, 1.807) is 6.08 Å². The zero-order valence-electron chi connectivity index (χ0n) is 13.4. The van der Waals surface area contributed by atoms with Gasteiger partial charge in [0.15, 0.2) is 0 Å². The van der Waals surface area contributed by atoms with E-state index in [4.69, 9.17) is 4.74 Å². The van der Waals surface area contributed by atoms with E-state index >= 15 is 0 Å². The lowest BCUT2D eigenvalue weighted by molar-refractivity contribution is -0.0440. The average Bonchev–Trinajstić information content (AvgIpc) is 2.51. The number of hydrogen-bond donors (Lipinski definition) is 1. The van der Waals surface area contributed by atoms with Gasteiger partial charge >= 0.3 is 0 Å². The number of nitrogens with zero attached hydrogens (tertiary/aromatic N) is 1. The Hall–Kier alpha value is -1.70. The van der Waals surface area contributed by atoms with Crippen LogP contribution in [0.2, 0.25) is 0 Å². The molecule has 126 valence electrons. The second-order valence-electron chi connectivity index (χ2n) is 5.60. The van der Waals surface area contributed by atoms with E-state index in [-0.39, 0.29) is 23.0 Å². The molecular formula is C16H22N2O4S. The Kier molecular flexibility index (Phi) is 5.56. The molecule has 0 saturated carbocycles. The molecule has 0 aliphatic carbocycles. The van der Waals surface area contributed by atoms with Gasteiger partial charge in [0.25, 0.3) is 5.91 Å². The number of ether oxygens (including phenoxy) is 1. The highest BCUT2D eigenvalue weighted by atomic mass is 32.2. The van der Waals surface area contributed by atoms with Gasteiger partial charge in [-0.25, -0.2) is 8.42 Å². The van der Waals surface area contributed by atoms with Crippen LogP contribution in [0.25, 0.3) is 0 Å². The van der Waals surface area contributed by atoms with Crippen LogP contribution in [0.5, 0.6) is 0 Å². The van der Waals surface area contributed by atoms with E-state index in [0.29, 0.717) is 25.2 Å². The third kappa shape index (κ3) is 4.19. The maximum absolute atomic E-state index is 12.7. The Labute approximate surface area is 137 Å². The Morgan fingerprint density at radius 3 is 2.39 bits per heavy atom. The van der Waals surface area contributed by atoms with Crippen molar-refractivity contribution in [2.24, 2.45) is 0 Å². The molecular weight excluding hydrogens is 316 g/mol. The van der Waals surface area contributed by atoms with Crippen molar-refractivity contribution in [1.29, 1.82) is 0 Å². The minimum absolute atomic E-state index is 0.141. The fourth-order valence-corrected chi connectivity index (χ4v) is 4.11. The van der Waals surface area contributed by atoms with Crippen LogP contribution in [0.15, 0.2) is 41.8 Å². The van der Waals surface area contributed by atoms with Gasteiger partial charge in [0, 0.05) is 25.2 Å². The maximum Gasteiger partial charge on any atom is 0.251 e. The zero-order chi connectivity index (χ0) is 17.0. The fraction of sp³-hybridized carbons (Fsp3) is 0.438. The lowest BCUT2D eigenvalue weighted by Crippen LogP contribution is -2.48. The summed E-state index contributed by atoms with van der Waals surface area (Å²) < 4.78 is 32.4. The monoisotopic (exact) mass is 338 g/mol. The van der Waals surface area contributed by atoms with Crippen molar-refractivity contribution in [3.8, 4) is 0 Å². The fourth-order valence-electron chi connectivity index (χ4n) is 2.52. The first-order valence-electron chi connectivity index (χ1n) is 7.49. The number of amides is 1. The molecule has 0 bridgehead atoms. The van der Waals surface area contributed by atoms with Crippen LogP contribution >= 0.6 is 0 Å². The Balaban J connectivity index is 2.17. The first kappa shape index (κ1) is 17.7. The Bertz CT molecular complexity index is 660. The van der Waals surface area contributed by atoms with Crippen LogP contribution in [0.3, 0.4) is 0 Å². The van der Waals surface area contributed by atoms with E-state index in [1.807, 2.05) is 13.8 Å². The molecule has 0 unspecified atom stereocenters. The molecule has 0 aromatic heterocycles. The van der Waals surface area contributed by atoms with Crippen molar-refractivity contribution < 1.29 is 17.9 Å². The molecule has 2 rings (SSSR count). The molecule has 1 heterocycles. The van der Waals surface area contributed by atoms with Gasteiger partial charge in [0.2, 0.25) is 10.0 Å². The summed E-state index contributed by atoms with van der Waals surface area (Å²) in [5, 5.41) is 2.65. The number of hydrogen-bond acceptors (Lipinski definition) is 4. The molecule has 1 aromatic carbocycles. The summed E-state index contributed by atoms with van der Waals surface area (Å²) >= 11 is 0. The molecule has 7 heteroatoms. The van der Waals surface area contributed by atoms with Gasteiger partial charge in [0.1, 0.15) is 0 Å². The van der Waals surface area contributed by atoms with Crippen LogP contribution in [-0.4, -0.2) is 50.5 Å². The quantitative estimate of drug-likeness (QED) is 0.824. The predicted octanol–water partition coefficient (Wildman–Crippen LogP) is 1.40. The molecule has 0 spiro atoms. The van der Waals surface area contributed by atoms with Crippen molar-refractivity contribution in [3.63, 3.8) is 0 Å². The molecule has 23 heavy (non-hydrogen) atoms. The highest BCUT2D eigenvalue weighted by Crippen LogP contribution is 2.21. The SMILES string of the molecule is C=CCNC(=O)c1ccc(S(=O)(=O)N2C[C@H](C)O[C@@H](C)C2)cc1. The number of morpholine rings is 1. The lowest BCUT2D eigenvalue weighted by atomic mass is 10.2. The number of rotatable bonds is 5. The van der Waals surface area contributed by atoms with Crippen LogP contribution < -0.4 is 5.32 Å². The van der Waals surface area contributed by atoms with Gasteiger partial charge in [-0.05, 0) is 38.1 Å². The Morgan fingerprint density at radius 1 is 1.30 bits per heavy atom.